The predicted molar refractivity (Wildman–Crippen MR) is 78.6 cm³/mol. The molecule has 118 valence electrons. The smallest absolute Gasteiger partial charge is 0.337 e. The van der Waals surface area contributed by atoms with E-state index in [0.29, 0.717) is 5.56 Å². The molecule has 0 radical (unpaired) electrons. The van der Waals surface area contributed by atoms with Crippen molar-refractivity contribution in [3.05, 3.63) is 29.3 Å². The van der Waals surface area contributed by atoms with Crippen LogP contribution in [-0.4, -0.2) is 38.7 Å². The van der Waals surface area contributed by atoms with Gasteiger partial charge < -0.3 is 9.84 Å². The Morgan fingerprint density at radius 3 is 2.52 bits per heavy atom. The molecule has 2 N–H and O–H groups in total. The van der Waals surface area contributed by atoms with Gasteiger partial charge in [-0.1, -0.05) is 6.07 Å². The van der Waals surface area contributed by atoms with Gasteiger partial charge in [0.1, 0.15) is 0 Å². The zero-order chi connectivity index (χ0) is 16.3. The Morgan fingerprint density at radius 2 is 2.00 bits per heavy atom. The van der Waals surface area contributed by atoms with E-state index in [-0.39, 0.29) is 23.5 Å². The number of hydrogen-bond donors (Lipinski definition) is 2. The second kappa shape index (κ2) is 6.55. The van der Waals surface area contributed by atoms with Crippen molar-refractivity contribution < 1.29 is 23.1 Å². The van der Waals surface area contributed by atoms with Crippen molar-refractivity contribution in [3.8, 4) is 0 Å². The van der Waals surface area contributed by atoms with Crippen molar-refractivity contribution in [2.45, 2.75) is 37.6 Å². The van der Waals surface area contributed by atoms with Gasteiger partial charge in [-0.3, -0.25) is 0 Å². The summed E-state index contributed by atoms with van der Waals surface area (Å²) in [6, 6.07) is 4.36. The quantitative estimate of drug-likeness (QED) is 0.770. The van der Waals surface area contributed by atoms with E-state index in [9.17, 15) is 13.2 Å². The van der Waals surface area contributed by atoms with E-state index in [4.69, 9.17) is 5.11 Å². The minimum atomic E-state index is -3.80. The monoisotopic (exact) mass is 315 g/mol. The van der Waals surface area contributed by atoms with Crippen molar-refractivity contribution in [1.29, 1.82) is 0 Å². The second-order valence-electron chi connectivity index (χ2n) is 5.43. The molecule has 0 spiro atoms. The van der Waals surface area contributed by atoms with Crippen LogP contribution in [0.25, 0.3) is 0 Å². The molecule has 21 heavy (non-hydrogen) atoms. The van der Waals surface area contributed by atoms with Crippen molar-refractivity contribution in [3.63, 3.8) is 0 Å². The summed E-state index contributed by atoms with van der Waals surface area (Å²) < 4.78 is 32.1. The van der Waals surface area contributed by atoms with Gasteiger partial charge in [-0.05, 0) is 44.9 Å². The summed E-state index contributed by atoms with van der Waals surface area (Å²) in [6.07, 6.45) is 0.280. The van der Waals surface area contributed by atoms with Crippen molar-refractivity contribution in [2.75, 3.05) is 13.7 Å². The van der Waals surface area contributed by atoms with Gasteiger partial charge in [-0.25, -0.2) is 17.9 Å². The van der Waals surface area contributed by atoms with Crippen LogP contribution in [0.15, 0.2) is 23.1 Å². The van der Waals surface area contributed by atoms with Crippen LogP contribution in [0.2, 0.25) is 0 Å². The average molecular weight is 315 g/mol. The Bertz CT molecular complexity index is 622. The van der Waals surface area contributed by atoms with Crippen molar-refractivity contribution in [1.82, 2.24) is 4.72 Å². The number of carbonyl (C=O) groups is 1. The number of carbonyl (C=O) groups excluding carboxylic acids is 1. The third-order valence-electron chi connectivity index (χ3n) is 3.05. The number of rotatable bonds is 6. The molecular formula is C14H21NO5S. The molecule has 0 aromatic heterocycles. The SMILES string of the molecule is COC(=O)c1ccc(C)c(S(=O)(=O)NC(C)(C)CCO)c1. The summed E-state index contributed by atoms with van der Waals surface area (Å²) in [5.41, 5.74) is -0.0974. The van der Waals surface area contributed by atoms with Crippen molar-refractivity contribution >= 4 is 16.0 Å². The number of aryl methyl sites for hydroxylation is 1. The summed E-state index contributed by atoms with van der Waals surface area (Å²) in [5, 5.41) is 8.98. The lowest BCUT2D eigenvalue weighted by Gasteiger charge is -2.25. The molecule has 0 heterocycles. The minimum Gasteiger partial charge on any atom is -0.465 e. The van der Waals surface area contributed by atoms with E-state index < -0.39 is 21.5 Å². The lowest BCUT2D eigenvalue weighted by Crippen LogP contribution is -2.44. The Morgan fingerprint density at radius 1 is 1.38 bits per heavy atom. The summed E-state index contributed by atoms with van der Waals surface area (Å²) >= 11 is 0. The Labute approximate surface area is 125 Å². The van der Waals surface area contributed by atoms with E-state index in [2.05, 4.69) is 9.46 Å². The molecule has 0 aliphatic heterocycles. The maximum absolute atomic E-state index is 12.5. The molecule has 0 aliphatic rings. The third kappa shape index (κ3) is 4.52. The molecule has 0 amide bonds. The van der Waals surface area contributed by atoms with Gasteiger partial charge in [0.25, 0.3) is 0 Å². The fraction of sp³-hybridized carbons (Fsp3) is 0.500. The number of aliphatic hydroxyl groups excluding tert-OH is 1. The number of methoxy groups -OCH3 is 1. The van der Waals surface area contributed by atoms with E-state index in [1.165, 1.54) is 19.2 Å². The highest BCUT2D eigenvalue weighted by Crippen LogP contribution is 2.20. The van der Waals surface area contributed by atoms with Crippen LogP contribution in [-0.2, 0) is 14.8 Å². The topological polar surface area (TPSA) is 92.7 Å². The summed E-state index contributed by atoms with van der Waals surface area (Å²) in [5.74, 6) is -0.596. The number of hydrogen-bond acceptors (Lipinski definition) is 5. The summed E-state index contributed by atoms with van der Waals surface area (Å²) in [4.78, 5) is 11.5. The van der Waals surface area contributed by atoms with Crippen LogP contribution < -0.4 is 4.72 Å². The number of aliphatic hydroxyl groups is 1. The highest BCUT2D eigenvalue weighted by atomic mass is 32.2. The Kier molecular flexibility index (Phi) is 5.49. The predicted octanol–water partition coefficient (Wildman–Crippen LogP) is 1.22. The first-order valence-electron chi connectivity index (χ1n) is 6.47. The van der Waals surface area contributed by atoms with Crippen LogP contribution >= 0.6 is 0 Å². The molecule has 1 rings (SSSR count). The number of benzene rings is 1. The van der Waals surface area contributed by atoms with Gasteiger partial charge >= 0.3 is 5.97 Å². The highest BCUT2D eigenvalue weighted by Gasteiger charge is 2.27. The molecule has 0 unspecified atom stereocenters. The van der Waals surface area contributed by atoms with Gasteiger partial charge in [0.15, 0.2) is 0 Å². The molecule has 0 saturated carbocycles. The largest absolute Gasteiger partial charge is 0.465 e. The molecule has 0 atom stereocenters. The Balaban J connectivity index is 3.22. The van der Waals surface area contributed by atoms with E-state index >= 15 is 0 Å². The van der Waals surface area contributed by atoms with Crippen LogP contribution in [0.4, 0.5) is 0 Å². The molecule has 0 bridgehead atoms. The fourth-order valence-corrected chi connectivity index (χ4v) is 3.60. The van der Waals surface area contributed by atoms with E-state index in [1.807, 2.05) is 0 Å². The Hall–Kier alpha value is -1.44. The van der Waals surface area contributed by atoms with Gasteiger partial charge in [0.05, 0.1) is 17.6 Å². The van der Waals surface area contributed by atoms with Gasteiger partial charge in [-0.2, -0.15) is 0 Å². The number of esters is 1. The van der Waals surface area contributed by atoms with Crippen LogP contribution in [0.5, 0.6) is 0 Å². The van der Waals surface area contributed by atoms with Gasteiger partial charge in [-0.15, -0.1) is 0 Å². The first-order valence-corrected chi connectivity index (χ1v) is 7.95. The highest BCUT2D eigenvalue weighted by molar-refractivity contribution is 7.89. The van der Waals surface area contributed by atoms with E-state index in [0.717, 1.165) is 0 Å². The molecule has 0 saturated heterocycles. The number of sulfonamides is 1. The lowest BCUT2D eigenvalue weighted by molar-refractivity contribution is 0.0600. The zero-order valence-electron chi connectivity index (χ0n) is 12.6. The molecular weight excluding hydrogens is 294 g/mol. The summed E-state index contributed by atoms with van der Waals surface area (Å²) in [7, 11) is -2.57. The lowest BCUT2D eigenvalue weighted by atomic mass is 10.0. The van der Waals surface area contributed by atoms with Gasteiger partial charge in [0, 0.05) is 12.1 Å². The van der Waals surface area contributed by atoms with Crippen LogP contribution in [0.1, 0.15) is 36.2 Å². The normalized spacial score (nSPS) is 12.2. The average Bonchev–Trinajstić information content (AvgIpc) is 2.36. The molecule has 6 nitrogen and oxygen atoms in total. The fourth-order valence-electron chi connectivity index (χ4n) is 1.88. The molecule has 0 fully saturated rings. The van der Waals surface area contributed by atoms with Crippen LogP contribution in [0.3, 0.4) is 0 Å². The number of ether oxygens (including phenoxy) is 1. The maximum Gasteiger partial charge on any atom is 0.337 e. The van der Waals surface area contributed by atoms with Crippen LogP contribution in [0, 0.1) is 6.92 Å². The van der Waals surface area contributed by atoms with Gasteiger partial charge in [0.2, 0.25) is 10.0 Å². The molecule has 7 heteroatoms. The second-order valence-corrected chi connectivity index (χ2v) is 7.09. The summed E-state index contributed by atoms with van der Waals surface area (Å²) in [6.45, 7) is 4.88. The molecule has 0 aliphatic carbocycles. The standard InChI is InChI=1S/C14H21NO5S/c1-10-5-6-11(13(17)20-4)9-12(10)21(18,19)15-14(2,3)7-8-16/h5-6,9,15-16H,7-8H2,1-4H3. The zero-order valence-corrected chi connectivity index (χ0v) is 13.5. The first-order chi connectivity index (χ1) is 9.63. The molecule has 1 aromatic rings. The minimum absolute atomic E-state index is 0.0245. The van der Waals surface area contributed by atoms with Crippen molar-refractivity contribution in [2.24, 2.45) is 0 Å². The third-order valence-corrected chi connectivity index (χ3v) is 4.89. The van der Waals surface area contributed by atoms with E-state index in [1.54, 1.807) is 26.8 Å². The maximum atomic E-state index is 12.5. The molecule has 1 aromatic carbocycles. The number of nitrogens with one attached hydrogen (secondary N) is 1. The first kappa shape index (κ1) is 17.6.